The molecule has 2 nitrogen and oxygen atoms in total. The topological polar surface area (TPSA) is 49.8 Å². The van der Waals surface area contributed by atoms with Gasteiger partial charge in [0.2, 0.25) is 0 Å². The third kappa shape index (κ3) is 1.07. The van der Waals surface area contributed by atoms with Crippen LogP contribution in [0.2, 0.25) is 0 Å². The molecule has 13 heavy (non-hydrogen) atoms. The number of rotatable bonds is 0. The summed E-state index contributed by atoms with van der Waals surface area (Å²) in [5.74, 6) is 0. The van der Waals surface area contributed by atoms with E-state index in [4.69, 9.17) is 11.0 Å². The molecule has 2 N–H and O–H groups in total. The van der Waals surface area contributed by atoms with Crippen molar-refractivity contribution in [3.63, 3.8) is 0 Å². The number of nitriles is 1. The van der Waals surface area contributed by atoms with Gasteiger partial charge in [-0.05, 0) is 18.6 Å². The average molecular weight is 188 g/mol. The van der Waals surface area contributed by atoms with Gasteiger partial charge in [0, 0.05) is 21.2 Å². The number of anilines is 1. The Balaban J connectivity index is 2.91. The van der Waals surface area contributed by atoms with Crippen LogP contribution in [0.25, 0.3) is 10.1 Å². The van der Waals surface area contributed by atoms with Crippen molar-refractivity contribution < 1.29 is 0 Å². The monoisotopic (exact) mass is 188 g/mol. The minimum Gasteiger partial charge on any atom is -0.398 e. The van der Waals surface area contributed by atoms with Crippen LogP contribution < -0.4 is 5.73 Å². The number of hydrogen-bond donors (Lipinski definition) is 1. The van der Waals surface area contributed by atoms with Crippen LogP contribution in [0.5, 0.6) is 0 Å². The van der Waals surface area contributed by atoms with E-state index in [0.717, 1.165) is 26.9 Å². The number of hydrogen-bond acceptors (Lipinski definition) is 3. The maximum atomic E-state index is 8.81. The molecule has 0 bridgehead atoms. The summed E-state index contributed by atoms with van der Waals surface area (Å²) in [5, 5.41) is 11.7. The highest BCUT2D eigenvalue weighted by molar-refractivity contribution is 7.17. The summed E-state index contributed by atoms with van der Waals surface area (Å²) in [6.07, 6.45) is 0. The summed E-state index contributed by atoms with van der Waals surface area (Å²) in [7, 11) is 0. The Labute approximate surface area is 80.2 Å². The number of nitrogen functional groups attached to an aromatic ring is 1. The molecule has 2 rings (SSSR count). The van der Waals surface area contributed by atoms with Crippen LogP contribution in [0.15, 0.2) is 17.5 Å². The predicted molar refractivity (Wildman–Crippen MR) is 55.7 cm³/mol. The molecular weight excluding hydrogens is 180 g/mol. The van der Waals surface area contributed by atoms with Crippen LogP contribution in [0.1, 0.15) is 11.1 Å². The number of fused-ring (bicyclic) bond motifs is 1. The number of aryl methyl sites for hydroxylation is 1. The third-order valence-electron chi connectivity index (χ3n) is 2.15. The maximum Gasteiger partial charge on any atom is 0.101 e. The highest BCUT2D eigenvalue weighted by Crippen LogP contribution is 2.31. The van der Waals surface area contributed by atoms with Gasteiger partial charge in [-0.3, -0.25) is 0 Å². The molecule has 0 aliphatic carbocycles. The van der Waals surface area contributed by atoms with E-state index in [2.05, 4.69) is 6.07 Å². The Kier molecular flexibility index (Phi) is 1.71. The normalized spacial score (nSPS) is 10.2. The van der Waals surface area contributed by atoms with Gasteiger partial charge < -0.3 is 5.73 Å². The molecule has 1 heterocycles. The molecule has 0 aliphatic rings. The fourth-order valence-corrected chi connectivity index (χ4v) is 2.35. The largest absolute Gasteiger partial charge is 0.398 e. The average Bonchev–Trinajstić information content (AvgIpc) is 2.55. The standard InChI is InChI=1S/C10H8N2S/c1-6-9(12)3-2-8-7(4-11)5-13-10(6)8/h2-3,5H,12H2,1H3. The summed E-state index contributed by atoms with van der Waals surface area (Å²) in [4.78, 5) is 0. The van der Waals surface area contributed by atoms with E-state index in [1.807, 2.05) is 24.4 Å². The van der Waals surface area contributed by atoms with Crippen LogP contribution >= 0.6 is 11.3 Å². The lowest BCUT2D eigenvalue weighted by molar-refractivity contribution is 1.51. The van der Waals surface area contributed by atoms with Crippen molar-refractivity contribution in [2.45, 2.75) is 6.92 Å². The number of nitrogens with zero attached hydrogens (tertiary/aromatic N) is 1. The number of thiophene rings is 1. The van der Waals surface area contributed by atoms with E-state index >= 15 is 0 Å². The number of nitrogens with two attached hydrogens (primary N) is 1. The molecule has 0 aliphatic heterocycles. The molecule has 0 amide bonds. The Bertz CT molecular complexity index is 505. The van der Waals surface area contributed by atoms with Gasteiger partial charge in [0.25, 0.3) is 0 Å². The van der Waals surface area contributed by atoms with Crippen molar-refractivity contribution in [1.29, 1.82) is 5.26 Å². The fraction of sp³-hybridized carbons (Fsp3) is 0.100. The van der Waals surface area contributed by atoms with Crippen molar-refractivity contribution in [3.8, 4) is 6.07 Å². The van der Waals surface area contributed by atoms with Gasteiger partial charge in [-0.1, -0.05) is 6.07 Å². The van der Waals surface area contributed by atoms with E-state index in [9.17, 15) is 0 Å². The summed E-state index contributed by atoms with van der Waals surface area (Å²) in [6.45, 7) is 1.98. The molecule has 0 spiro atoms. The highest BCUT2D eigenvalue weighted by Gasteiger charge is 2.06. The van der Waals surface area contributed by atoms with Crippen molar-refractivity contribution in [2.75, 3.05) is 5.73 Å². The molecule has 3 heteroatoms. The van der Waals surface area contributed by atoms with Crippen LogP contribution in [0.3, 0.4) is 0 Å². The van der Waals surface area contributed by atoms with Crippen molar-refractivity contribution in [3.05, 3.63) is 28.6 Å². The molecule has 1 aromatic heterocycles. The van der Waals surface area contributed by atoms with Crippen molar-refractivity contribution >= 4 is 27.1 Å². The van der Waals surface area contributed by atoms with Crippen LogP contribution in [0.4, 0.5) is 5.69 Å². The number of benzene rings is 1. The lowest BCUT2D eigenvalue weighted by atomic mass is 10.1. The zero-order chi connectivity index (χ0) is 9.42. The van der Waals surface area contributed by atoms with Gasteiger partial charge in [0.1, 0.15) is 6.07 Å². The molecule has 0 fully saturated rings. The maximum absolute atomic E-state index is 8.81. The fourth-order valence-electron chi connectivity index (χ4n) is 1.34. The Morgan fingerprint density at radius 1 is 1.46 bits per heavy atom. The van der Waals surface area contributed by atoms with Crippen molar-refractivity contribution in [2.24, 2.45) is 0 Å². The van der Waals surface area contributed by atoms with E-state index in [0.29, 0.717) is 0 Å². The molecule has 1 aromatic carbocycles. The van der Waals surface area contributed by atoms with E-state index in [-0.39, 0.29) is 0 Å². The lowest BCUT2D eigenvalue weighted by Gasteiger charge is -1.99. The molecular formula is C10H8N2S. The van der Waals surface area contributed by atoms with Gasteiger partial charge in [0.15, 0.2) is 0 Å². The zero-order valence-corrected chi connectivity index (χ0v) is 7.98. The SMILES string of the molecule is Cc1c(N)ccc2c(C#N)csc12. The Morgan fingerprint density at radius 2 is 2.23 bits per heavy atom. The molecule has 0 atom stereocenters. The smallest absolute Gasteiger partial charge is 0.101 e. The molecule has 0 radical (unpaired) electrons. The highest BCUT2D eigenvalue weighted by atomic mass is 32.1. The van der Waals surface area contributed by atoms with Gasteiger partial charge in [-0.15, -0.1) is 11.3 Å². The minimum absolute atomic E-state index is 0.739. The lowest BCUT2D eigenvalue weighted by Crippen LogP contribution is -1.88. The first-order valence-electron chi connectivity index (χ1n) is 3.90. The van der Waals surface area contributed by atoms with E-state index in [1.165, 1.54) is 0 Å². The van der Waals surface area contributed by atoms with Gasteiger partial charge in [-0.25, -0.2) is 0 Å². The summed E-state index contributed by atoms with van der Waals surface area (Å²) in [6, 6.07) is 5.93. The quantitative estimate of drug-likeness (QED) is 0.646. The summed E-state index contributed by atoms with van der Waals surface area (Å²) in [5.41, 5.74) is 8.36. The summed E-state index contributed by atoms with van der Waals surface area (Å²) >= 11 is 1.58. The molecule has 2 aromatic rings. The van der Waals surface area contributed by atoms with Crippen LogP contribution in [0, 0.1) is 18.3 Å². The molecule has 0 saturated carbocycles. The molecule has 64 valence electrons. The predicted octanol–water partition coefficient (Wildman–Crippen LogP) is 2.66. The first-order chi connectivity index (χ1) is 6.24. The Morgan fingerprint density at radius 3 is 2.92 bits per heavy atom. The van der Waals surface area contributed by atoms with Crippen LogP contribution in [-0.2, 0) is 0 Å². The zero-order valence-electron chi connectivity index (χ0n) is 7.16. The van der Waals surface area contributed by atoms with Gasteiger partial charge in [0.05, 0.1) is 5.56 Å². The molecule has 0 unspecified atom stereocenters. The van der Waals surface area contributed by atoms with Gasteiger partial charge >= 0.3 is 0 Å². The first kappa shape index (κ1) is 8.09. The van der Waals surface area contributed by atoms with E-state index in [1.54, 1.807) is 11.3 Å². The Hall–Kier alpha value is -1.53. The first-order valence-corrected chi connectivity index (χ1v) is 4.78. The van der Waals surface area contributed by atoms with Gasteiger partial charge in [-0.2, -0.15) is 5.26 Å². The minimum atomic E-state index is 0.739. The molecule has 0 saturated heterocycles. The second-order valence-electron chi connectivity index (χ2n) is 2.92. The van der Waals surface area contributed by atoms with Crippen LogP contribution in [-0.4, -0.2) is 0 Å². The van der Waals surface area contributed by atoms with Crippen molar-refractivity contribution in [1.82, 2.24) is 0 Å². The second-order valence-corrected chi connectivity index (χ2v) is 3.80. The third-order valence-corrected chi connectivity index (χ3v) is 3.27. The van der Waals surface area contributed by atoms with E-state index < -0.39 is 0 Å². The summed E-state index contributed by atoms with van der Waals surface area (Å²) < 4.78 is 1.12. The second kappa shape index (κ2) is 2.75.